The summed E-state index contributed by atoms with van der Waals surface area (Å²) in [5.41, 5.74) is 19.2. The van der Waals surface area contributed by atoms with Gasteiger partial charge in [-0.15, -0.1) is 0 Å². The topological polar surface area (TPSA) is 3.24 Å². The summed E-state index contributed by atoms with van der Waals surface area (Å²) in [5, 5.41) is 0. The fourth-order valence-corrected chi connectivity index (χ4v) is 17.1. The number of rotatable bonds is 4. The van der Waals surface area contributed by atoms with Crippen LogP contribution in [0, 0.1) is 53.3 Å². The molecule has 2 spiro atoms. The number of hydrogen-bond acceptors (Lipinski definition) is 1. The molecule has 0 aromatic heterocycles. The number of nitrogens with zero attached hydrogens (tertiary/aromatic N) is 1. The molecule has 1 heteroatoms. The van der Waals surface area contributed by atoms with Crippen molar-refractivity contribution in [3.05, 3.63) is 162 Å². The smallest absolute Gasteiger partial charge is 0.0468 e. The van der Waals surface area contributed by atoms with E-state index in [-0.39, 0.29) is 10.8 Å². The molecule has 8 fully saturated rings. The molecule has 0 saturated heterocycles. The van der Waals surface area contributed by atoms with Gasteiger partial charge in [0.1, 0.15) is 0 Å². The molecule has 10 aliphatic rings. The first-order chi connectivity index (χ1) is 29.6. The molecule has 0 N–H and O–H groups in total. The molecule has 6 aromatic carbocycles. The van der Waals surface area contributed by atoms with E-state index < -0.39 is 0 Å². The van der Waals surface area contributed by atoms with Crippen LogP contribution in [-0.2, 0) is 10.8 Å². The lowest BCUT2D eigenvalue weighted by molar-refractivity contribution is 0.0174. The van der Waals surface area contributed by atoms with Crippen molar-refractivity contribution >= 4 is 17.1 Å². The van der Waals surface area contributed by atoms with Crippen LogP contribution in [0.15, 0.2) is 140 Å². The average Bonchev–Trinajstić information content (AvgIpc) is 3.50. The van der Waals surface area contributed by atoms with Gasteiger partial charge in [0.05, 0.1) is 0 Å². The van der Waals surface area contributed by atoms with Crippen LogP contribution in [0.25, 0.3) is 33.4 Å². The van der Waals surface area contributed by atoms with E-state index in [1.807, 2.05) is 0 Å². The van der Waals surface area contributed by atoms with Crippen LogP contribution in [0.5, 0.6) is 0 Å². The highest BCUT2D eigenvalue weighted by molar-refractivity contribution is 5.90. The molecule has 0 amide bonds. The Bertz CT molecular complexity index is 2680. The number of fused-ring (bicyclic) bond motifs is 8. The van der Waals surface area contributed by atoms with Gasteiger partial charge in [0, 0.05) is 27.9 Å². The van der Waals surface area contributed by atoms with E-state index in [1.165, 1.54) is 121 Å². The molecular formula is C59H57N. The molecule has 10 unspecified atom stereocenters. The Hall–Kier alpha value is -4.88. The third kappa shape index (κ3) is 4.50. The first kappa shape index (κ1) is 34.8. The minimum Gasteiger partial charge on any atom is -0.310 e. The van der Waals surface area contributed by atoms with E-state index >= 15 is 0 Å². The van der Waals surface area contributed by atoms with Crippen molar-refractivity contribution in [1.29, 1.82) is 0 Å². The van der Waals surface area contributed by atoms with Crippen LogP contribution in [0.2, 0.25) is 0 Å². The maximum atomic E-state index is 2.70. The standard InChI is InChI=1S/C59H57N/c1-36-42-16-20-44-31-39(28-42)33-56(36)59(44)54-14-8-6-12-50(54)52-34-47(24-26-55(52)59)60(46-21-17-41(18-22-46)40-9-3-2-4-10-40)48-23-25-51-49-11-5-7-13-53(49)58(57(51)35-48)43-19-15-37-27-38(30-43)32-45(58)29-37/h2-14,17-18,21-26,34-39,42-45,56H,15-16,19-20,27-33H2,1H3/t36-,37?,38?,39?,42?,43?,44?,45?,56?,58?,59?/m0/s1. The second-order valence-electron chi connectivity index (χ2n) is 21.3. The minimum atomic E-state index is 0.119. The largest absolute Gasteiger partial charge is 0.310 e. The molecule has 16 rings (SSSR count). The highest BCUT2D eigenvalue weighted by atomic mass is 15.1. The van der Waals surface area contributed by atoms with Crippen LogP contribution < -0.4 is 4.90 Å². The molecule has 1 nitrogen and oxygen atoms in total. The molecule has 8 bridgehead atoms. The fraction of sp³-hybridized carbons (Fsp3) is 0.390. The second kappa shape index (κ2) is 12.6. The number of anilines is 3. The monoisotopic (exact) mass is 779 g/mol. The van der Waals surface area contributed by atoms with Gasteiger partial charge in [0.25, 0.3) is 0 Å². The quantitative estimate of drug-likeness (QED) is 0.172. The Morgan fingerprint density at radius 1 is 0.400 bits per heavy atom. The Labute approximate surface area is 357 Å². The van der Waals surface area contributed by atoms with E-state index in [0.29, 0.717) is 0 Å². The lowest BCUT2D eigenvalue weighted by Crippen LogP contribution is -2.51. The van der Waals surface area contributed by atoms with E-state index in [0.717, 1.165) is 53.3 Å². The highest BCUT2D eigenvalue weighted by Crippen LogP contribution is 2.70. The summed E-state index contributed by atoms with van der Waals surface area (Å²) in [6, 6.07) is 55.2. The molecule has 11 atom stereocenters. The maximum Gasteiger partial charge on any atom is 0.0468 e. The van der Waals surface area contributed by atoms with Crippen molar-refractivity contribution in [1.82, 2.24) is 0 Å². The first-order valence-corrected chi connectivity index (χ1v) is 24.0. The van der Waals surface area contributed by atoms with Crippen LogP contribution in [-0.4, -0.2) is 0 Å². The maximum absolute atomic E-state index is 2.70. The SMILES string of the molecule is C[C@H]1C2CCC3CC(C2)CC1C31c2ccccc2-c2cc(N(c3ccc(-c4ccccc4)cc3)c3ccc4c(c3)C3(c5ccccc5-4)C4CCC5CC(C4)CC3C5)ccc21. The van der Waals surface area contributed by atoms with Crippen LogP contribution >= 0.6 is 0 Å². The molecule has 10 aliphatic carbocycles. The summed E-state index contributed by atoms with van der Waals surface area (Å²) in [7, 11) is 0. The van der Waals surface area contributed by atoms with E-state index in [1.54, 1.807) is 22.3 Å². The Kier molecular flexibility index (Phi) is 7.30. The average molecular weight is 780 g/mol. The molecule has 60 heavy (non-hydrogen) atoms. The van der Waals surface area contributed by atoms with Crippen LogP contribution in [0.1, 0.15) is 99.8 Å². The summed E-state index contributed by atoms with van der Waals surface area (Å²) < 4.78 is 0. The van der Waals surface area contributed by atoms with Gasteiger partial charge in [-0.3, -0.25) is 0 Å². The third-order valence-corrected chi connectivity index (χ3v) is 19.0. The summed E-state index contributed by atoms with van der Waals surface area (Å²) in [6.07, 6.45) is 15.6. The van der Waals surface area contributed by atoms with Gasteiger partial charge in [-0.05, 0) is 210 Å². The normalized spacial score (nSPS) is 34.3. The lowest BCUT2D eigenvalue weighted by atomic mass is 9.48. The van der Waals surface area contributed by atoms with Gasteiger partial charge >= 0.3 is 0 Å². The first-order valence-electron chi connectivity index (χ1n) is 24.0. The lowest BCUT2D eigenvalue weighted by Gasteiger charge is -2.55. The predicted octanol–water partition coefficient (Wildman–Crippen LogP) is 15.3. The molecule has 0 radical (unpaired) electrons. The highest BCUT2D eigenvalue weighted by Gasteiger charge is 2.62. The Balaban J connectivity index is 0.967. The zero-order chi connectivity index (χ0) is 39.3. The van der Waals surface area contributed by atoms with Crippen molar-refractivity contribution in [2.75, 3.05) is 4.90 Å². The van der Waals surface area contributed by atoms with Crippen LogP contribution in [0.4, 0.5) is 17.1 Å². The molecule has 0 heterocycles. The molecule has 8 saturated carbocycles. The number of benzene rings is 6. The fourth-order valence-electron chi connectivity index (χ4n) is 17.1. The Morgan fingerprint density at radius 3 is 1.82 bits per heavy atom. The molecule has 0 aliphatic heterocycles. The summed E-state index contributed by atoms with van der Waals surface area (Å²) in [4.78, 5) is 2.63. The van der Waals surface area contributed by atoms with Gasteiger partial charge in [0.15, 0.2) is 0 Å². The zero-order valence-electron chi connectivity index (χ0n) is 35.2. The van der Waals surface area contributed by atoms with E-state index in [2.05, 4.69) is 151 Å². The predicted molar refractivity (Wildman–Crippen MR) is 247 cm³/mol. The van der Waals surface area contributed by atoms with Crippen LogP contribution in [0.3, 0.4) is 0 Å². The van der Waals surface area contributed by atoms with Gasteiger partial charge in [-0.25, -0.2) is 0 Å². The summed E-state index contributed by atoms with van der Waals surface area (Å²) in [5.74, 6) is 7.37. The van der Waals surface area contributed by atoms with Gasteiger partial charge < -0.3 is 4.90 Å². The van der Waals surface area contributed by atoms with Gasteiger partial charge in [-0.2, -0.15) is 0 Å². The van der Waals surface area contributed by atoms with Crippen molar-refractivity contribution in [2.45, 2.75) is 88.4 Å². The van der Waals surface area contributed by atoms with Gasteiger partial charge in [-0.1, -0.05) is 116 Å². The Morgan fingerprint density at radius 2 is 0.983 bits per heavy atom. The summed E-state index contributed by atoms with van der Waals surface area (Å²) >= 11 is 0. The van der Waals surface area contributed by atoms with E-state index in [9.17, 15) is 0 Å². The third-order valence-electron chi connectivity index (χ3n) is 19.0. The van der Waals surface area contributed by atoms with Gasteiger partial charge in [0.2, 0.25) is 0 Å². The van der Waals surface area contributed by atoms with E-state index in [4.69, 9.17) is 0 Å². The van der Waals surface area contributed by atoms with Crippen molar-refractivity contribution in [2.24, 2.45) is 53.3 Å². The zero-order valence-corrected chi connectivity index (χ0v) is 35.2. The van der Waals surface area contributed by atoms with Crippen molar-refractivity contribution in [3.8, 4) is 33.4 Å². The molecule has 298 valence electrons. The summed E-state index contributed by atoms with van der Waals surface area (Å²) in [6.45, 7) is 2.64. The second-order valence-corrected chi connectivity index (χ2v) is 21.3. The molecule has 6 aromatic rings. The molecular weight excluding hydrogens is 723 g/mol. The van der Waals surface area contributed by atoms with Crippen molar-refractivity contribution in [3.63, 3.8) is 0 Å². The number of hydrogen-bond donors (Lipinski definition) is 0. The van der Waals surface area contributed by atoms with Crippen molar-refractivity contribution < 1.29 is 0 Å². The minimum absolute atomic E-state index is 0.119.